The quantitative estimate of drug-likeness (QED) is 0.681. The van der Waals surface area contributed by atoms with E-state index in [1.54, 1.807) is 0 Å². The van der Waals surface area contributed by atoms with Crippen molar-refractivity contribution in [2.24, 2.45) is 0 Å². The summed E-state index contributed by atoms with van der Waals surface area (Å²) in [5.74, 6) is 0.118. The van der Waals surface area contributed by atoms with Crippen molar-refractivity contribution in [3.63, 3.8) is 0 Å². The predicted octanol–water partition coefficient (Wildman–Crippen LogP) is 4.92. The molecule has 0 spiro atoms. The van der Waals surface area contributed by atoms with Gasteiger partial charge in [-0.25, -0.2) is 4.98 Å². The molecule has 1 aliphatic heterocycles. The van der Waals surface area contributed by atoms with Gasteiger partial charge in [0.15, 0.2) is 10.8 Å². The first-order valence-corrected chi connectivity index (χ1v) is 10.1. The average molecular weight is 424 g/mol. The molecule has 3 rings (SSSR count). The molecule has 2 N–H and O–H groups in total. The van der Waals surface area contributed by atoms with Gasteiger partial charge in [0.25, 0.3) is 0 Å². The minimum Gasteiger partial charge on any atom is -0.356 e. The zero-order valence-electron chi connectivity index (χ0n) is 16.2. The van der Waals surface area contributed by atoms with E-state index in [1.165, 1.54) is 0 Å². The van der Waals surface area contributed by atoms with Crippen molar-refractivity contribution in [2.75, 3.05) is 23.3 Å². The van der Waals surface area contributed by atoms with Crippen LogP contribution in [0.1, 0.15) is 49.9 Å². The second-order valence-electron chi connectivity index (χ2n) is 7.06. The van der Waals surface area contributed by atoms with E-state index < -0.39 is 11.9 Å². The van der Waals surface area contributed by atoms with E-state index in [2.05, 4.69) is 20.6 Å². The van der Waals surface area contributed by atoms with Crippen LogP contribution in [0.25, 0.3) is 0 Å². The Balaban J connectivity index is 1.78. The largest absolute Gasteiger partial charge is 0.433 e. The zero-order valence-corrected chi connectivity index (χ0v) is 17.0. The molecule has 2 aromatic rings. The number of rotatable bonds is 4. The van der Waals surface area contributed by atoms with Gasteiger partial charge in [-0.3, -0.25) is 0 Å². The number of nitrogens with one attached hydrogen (secondary N) is 2. The fourth-order valence-corrected chi connectivity index (χ4v) is 3.52. The molecule has 9 heteroatoms. The van der Waals surface area contributed by atoms with Gasteiger partial charge in [0.2, 0.25) is 5.95 Å². The van der Waals surface area contributed by atoms with Crippen LogP contribution in [0.15, 0.2) is 36.4 Å². The lowest BCUT2D eigenvalue weighted by molar-refractivity contribution is -0.141. The van der Waals surface area contributed by atoms with Gasteiger partial charge >= 0.3 is 6.18 Å². The summed E-state index contributed by atoms with van der Waals surface area (Å²) < 4.78 is 40.1. The molecule has 1 atom stereocenters. The lowest BCUT2D eigenvalue weighted by Gasteiger charge is -2.23. The molecule has 1 aliphatic rings. The van der Waals surface area contributed by atoms with Crippen molar-refractivity contribution >= 4 is 29.1 Å². The number of alkyl halides is 3. The topological polar surface area (TPSA) is 53.1 Å². The van der Waals surface area contributed by atoms with E-state index in [1.807, 2.05) is 42.2 Å². The van der Waals surface area contributed by atoms with Gasteiger partial charge in [-0.15, -0.1) is 0 Å². The van der Waals surface area contributed by atoms with E-state index in [4.69, 9.17) is 12.2 Å². The fourth-order valence-electron chi connectivity index (χ4n) is 3.26. The second-order valence-corrected chi connectivity index (χ2v) is 7.47. The van der Waals surface area contributed by atoms with Crippen LogP contribution in [0.4, 0.5) is 24.9 Å². The Hall–Kier alpha value is -2.42. The maximum atomic E-state index is 13.4. The van der Waals surface area contributed by atoms with Gasteiger partial charge in [0.05, 0.1) is 6.04 Å². The highest BCUT2D eigenvalue weighted by Gasteiger charge is 2.34. The molecule has 29 heavy (non-hydrogen) atoms. The summed E-state index contributed by atoms with van der Waals surface area (Å²) >= 11 is 5.27. The molecule has 156 valence electrons. The van der Waals surface area contributed by atoms with E-state index in [-0.39, 0.29) is 22.9 Å². The summed E-state index contributed by atoms with van der Waals surface area (Å²) in [6.07, 6.45) is -0.550. The molecule has 1 unspecified atom stereocenters. The van der Waals surface area contributed by atoms with Crippen LogP contribution < -0.4 is 15.5 Å². The van der Waals surface area contributed by atoms with Crippen LogP contribution in [0.5, 0.6) is 0 Å². The minimum absolute atomic E-state index is 0.118. The molecule has 0 amide bonds. The molecule has 0 saturated carbocycles. The summed E-state index contributed by atoms with van der Waals surface area (Å²) in [5, 5.41) is 5.95. The summed E-state index contributed by atoms with van der Waals surface area (Å²) in [6, 6.07) is 10.5. The van der Waals surface area contributed by atoms with Crippen molar-refractivity contribution in [1.82, 2.24) is 15.3 Å². The van der Waals surface area contributed by atoms with E-state index >= 15 is 0 Å². The third kappa shape index (κ3) is 6.03. The predicted molar refractivity (Wildman–Crippen MR) is 112 cm³/mol. The number of aromatic nitrogens is 2. The van der Waals surface area contributed by atoms with Gasteiger partial charge in [-0.2, -0.15) is 18.2 Å². The van der Waals surface area contributed by atoms with E-state index in [0.717, 1.165) is 37.3 Å². The fraction of sp³-hybridized carbons (Fsp3) is 0.450. The first kappa shape index (κ1) is 21.3. The van der Waals surface area contributed by atoms with Crippen molar-refractivity contribution in [1.29, 1.82) is 0 Å². The number of benzene rings is 1. The number of hydrogen-bond donors (Lipinski definition) is 2. The summed E-state index contributed by atoms with van der Waals surface area (Å²) in [7, 11) is 0. The van der Waals surface area contributed by atoms with Gasteiger partial charge in [0, 0.05) is 19.2 Å². The lowest BCUT2D eigenvalue weighted by atomic mass is 10.1. The van der Waals surface area contributed by atoms with Crippen LogP contribution in [0.2, 0.25) is 0 Å². The highest BCUT2D eigenvalue weighted by molar-refractivity contribution is 7.80. The minimum atomic E-state index is -4.56. The summed E-state index contributed by atoms with van der Waals surface area (Å²) in [5.41, 5.74) is 0.0278. The van der Waals surface area contributed by atoms with Gasteiger partial charge in [0.1, 0.15) is 5.82 Å². The molecule has 0 bridgehead atoms. The van der Waals surface area contributed by atoms with Crippen LogP contribution in [-0.2, 0) is 6.18 Å². The van der Waals surface area contributed by atoms with Crippen LogP contribution in [0, 0.1) is 0 Å². The molecule has 0 radical (unpaired) electrons. The second kappa shape index (κ2) is 9.39. The third-order valence-electron chi connectivity index (χ3n) is 4.81. The van der Waals surface area contributed by atoms with Gasteiger partial charge in [-0.1, -0.05) is 43.2 Å². The van der Waals surface area contributed by atoms with Crippen LogP contribution in [-0.4, -0.2) is 28.2 Å². The Morgan fingerprint density at radius 2 is 1.72 bits per heavy atom. The van der Waals surface area contributed by atoms with Gasteiger partial charge in [-0.05, 0) is 37.5 Å². The van der Waals surface area contributed by atoms with Crippen LogP contribution >= 0.6 is 12.2 Å². The third-order valence-corrected chi connectivity index (χ3v) is 5.03. The summed E-state index contributed by atoms with van der Waals surface area (Å²) in [6.45, 7) is 3.28. The molecule has 2 heterocycles. The highest BCUT2D eigenvalue weighted by atomic mass is 32.1. The standard InChI is InChI=1S/C20H24F3N5S/c1-14(15-9-5-4-6-10-15)24-19(29)27-18-25-16(20(21,22)23)13-17(26-18)28-11-7-2-3-8-12-28/h4-6,9-10,13-14H,2-3,7-8,11-12H2,1H3,(H2,24,25,26,27,29). The lowest BCUT2D eigenvalue weighted by Crippen LogP contribution is -2.32. The Kier molecular flexibility index (Phi) is 6.89. The van der Waals surface area contributed by atoms with Crippen LogP contribution in [0.3, 0.4) is 0 Å². The molecule has 0 aliphatic carbocycles. The Morgan fingerprint density at radius 1 is 1.07 bits per heavy atom. The number of halogens is 3. The molecule has 5 nitrogen and oxygen atoms in total. The Bertz CT molecular complexity index is 821. The molecule has 1 aromatic carbocycles. The zero-order chi connectivity index (χ0) is 20.9. The molecular weight excluding hydrogens is 399 g/mol. The normalized spacial score (nSPS) is 16.1. The highest BCUT2D eigenvalue weighted by Crippen LogP contribution is 2.31. The van der Waals surface area contributed by atoms with E-state index in [9.17, 15) is 13.2 Å². The van der Waals surface area contributed by atoms with Crippen molar-refractivity contribution < 1.29 is 13.2 Å². The number of thiocarbonyl (C=S) groups is 1. The monoisotopic (exact) mass is 423 g/mol. The Labute approximate surface area is 173 Å². The van der Waals surface area contributed by atoms with Gasteiger partial charge < -0.3 is 15.5 Å². The average Bonchev–Trinajstić information content (AvgIpc) is 2.97. The van der Waals surface area contributed by atoms with Crippen molar-refractivity contribution in [3.8, 4) is 0 Å². The molecular formula is C20H24F3N5S. The smallest absolute Gasteiger partial charge is 0.356 e. The first-order chi connectivity index (χ1) is 13.8. The Morgan fingerprint density at radius 3 is 2.34 bits per heavy atom. The maximum absolute atomic E-state index is 13.4. The number of anilines is 2. The first-order valence-electron chi connectivity index (χ1n) is 9.66. The molecule has 1 aromatic heterocycles. The number of nitrogens with zero attached hydrogens (tertiary/aromatic N) is 3. The number of hydrogen-bond acceptors (Lipinski definition) is 4. The molecule has 1 fully saturated rings. The van der Waals surface area contributed by atoms with Crippen molar-refractivity contribution in [2.45, 2.75) is 44.8 Å². The van der Waals surface area contributed by atoms with E-state index in [0.29, 0.717) is 13.1 Å². The SMILES string of the molecule is CC(NC(=S)Nc1nc(N2CCCCCC2)cc(C(F)(F)F)n1)c1ccccc1. The molecule has 1 saturated heterocycles. The summed E-state index contributed by atoms with van der Waals surface area (Å²) in [4.78, 5) is 9.84. The van der Waals surface area contributed by atoms with Crippen molar-refractivity contribution in [3.05, 3.63) is 47.7 Å². The maximum Gasteiger partial charge on any atom is 0.433 e.